The largest absolute Gasteiger partial charge is 0.390 e. The summed E-state index contributed by atoms with van der Waals surface area (Å²) in [5.74, 6) is 0.139. The van der Waals surface area contributed by atoms with E-state index in [0.29, 0.717) is 12.8 Å². The van der Waals surface area contributed by atoms with Crippen LogP contribution in [0.1, 0.15) is 19.8 Å². The molecule has 0 aromatic rings. The Morgan fingerprint density at radius 3 is 2.64 bits per heavy atom. The highest BCUT2D eigenvalue weighted by Gasteiger charge is 2.33. The lowest BCUT2D eigenvalue weighted by Gasteiger charge is -2.35. The molecule has 5 atom stereocenters. The van der Waals surface area contributed by atoms with Crippen molar-refractivity contribution in [3.05, 3.63) is 0 Å². The van der Waals surface area contributed by atoms with Crippen LogP contribution < -0.4 is 0 Å². The van der Waals surface area contributed by atoms with Gasteiger partial charge in [0.05, 0.1) is 24.1 Å². The Morgan fingerprint density at radius 1 is 1.50 bits per heavy atom. The summed E-state index contributed by atoms with van der Waals surface area (Å²) in [7, 11) is 0. The molecule has 6 heteroatoms. The highest BCUT2D eigenvalue weighted by molar-refractivity contribution is 7.79. The van der Waals surface area contributed by atoms with Crippen LogP contribution in [-0.4, -0.2) is 49.1 Å². The molecule has 2 unspecified atom stereocenters. The SMILES string of the molecule is CC1O[C@H](CCS(=O)O)C[C@H](O)[C@@H]1O. The second kappa shape index (κ2) is 5.18. The maximum Gasteiger partial charge on any atom is 0.152 e. The maximum atomic E-state index is 10.4. The van der Waals surface area contributed by atoms with Gasteiger partial charge >= 0.3 is 0 Å². The zero-order chi connectivity index (χ0) is 10.7. The summed E-state index contributed by atoms with van der Waals surface area (Å²) in [6.07, 6.45) is -1.56. The second-order valence-corrected chi connectivity index (χ2v) is 4.62. The number of rotatable bonds is 3. The van der Waals surface area contributed by atoms with Crippen LogP contribution in [-0.2, 0) is 15.8 Å². The third kappa shape index (κ3) is 3.29. The van der Waals surface area contributed by atoms with E-state index in [-0.39, 0.29) is 11.9 Å². The molecule has 0 saturated carbocycles. The first-order valence-corrected chi connectivity index (χ1v) is 5.87. The molecule has 1 saturated heterocycles. The molecule has 1 rings (SSSR count). The predicted octanol–water partition coefficient (Wildman–Crippen LogP) is -0.503. The molecule has 5 nitrogen and oxygen atoms in total. The lowest BCUT2D eigenvalue weighted by Crippen LogP contribution is -2.47. The fraction of sp³-hybridized carbons (Fsp3) is 1.00. The molecule has 0 amide bonds. The van der Waals surface area contributed by atoms with E-state index in [0.717, 1.165) is 0 Å². The van der Waals surface area contributed by atoms with Crippen LogP contribution in [0.4, 0.5) is 0 Å². The third-order valence-corrected chi connectivity index (χ3v) is 2.99. The van der Waals surface area contributed by atoms with Gasteiger partial charge in [-0.15, -0.1) is 0 Å². The van der Waals surface area contributed by atoms with E-state index in [2.05, 4.69) is 0 Å². The predicted molar refractivity (Wildman–Crippen MR) is 51.2 cm³/mol. The van der Waals surface area contributed by atoms with Gasteiger partial charge in [0, 0.05) is 6.42 Å². The molecule has 0 aromatic carbocycles. The smallest absolute Gasteiger partial charge is 0.152 e. The zero-order valence-corrected chi connectivity index (χ0v) is 8.81. The van der Waals surface area contributed by atoms with Crippen molar-refractivity contribution < 1.29 is 23.7 Å². The number of hydrogen-bond acceptors (Lipinski definition) is 4. The summed E-state index contributed by atoms with van der Waals surface area (Å²) in [6, 6.07) is 0. The first kappa shape index (κ1) is 12.1. The molecule has 1 aliphatic rings. The van der Waals surface area contributed by atoms with Gasteiger partial charge in [0.1, 0.15) is 6.10 Å². The Kier molecular flexibility index (Phi) is 4.46. The number of aliphatic hydroxyl groups is 2. The van der Waals surface area contributed by atoms with Crippen molar-refractivity contribution in [2.75, 3.05) is 5.75 Å². The van der Waals surface area contributed by atoms with Crippen LogP contribution in [0.2, 0.25) is 0 Å². The second-order valence-electron chi connectivity index (χ2n) is 3.57. The fourth-order valence-corrected chi connectivity index (χ4v) is 2.04. The van der Waals surface area contributed by atoms with Crippen molar-refractivity contribution in [3.8, 4) is 0 Å². The van der Waals surface area contributed by atoms with E-state index in [1.807, 2.05) is 0 Å². The molecule has 0 spiro atoms. The van der Waals surface area contributed by atoms with Crippen LogP contribution in [0.5, 0.6) is 0 Å². The van der Waals surface area contributed by atoms with Crippen LogP contribution in [0, 0.1) is 0 Å². The molecule has 3 N–H and O–H groups in total. The molecule has 1 aliphatic heterocycles. The van der Waals surface area contributed by atoms with Gasteiger partial charge in [-0.3, -0.25) is 0 Å². The van der Waals surface area contributed by atoms with Gasteiger partial charge < -0.3 is 19.5 Å². The number of aliphatic hydroxyl groups excluding tert-OH is 2. The lowest BCUT2D eigenvalue weighted by atomic mass is 9.97. The monoisotopic (exact) mass is 224 g/mol. The highest BCUT2D eigenvalue weighted by Crippen LogP contribution is 2.22. The summed E-state index contributed by atoms with van der Waals surface area (Å²) in [6.45, 7) is 1.68. The average molecular weight is 224 g/mol. The Morgan fingerprint density at radius 2 is 2.14 bits per heavy atom. The molecular formula is C8H16O5S. The number of hydrogen-bond donors (Lipinski definition) is 3. The Bertz CT molecular complexity index is 198. The minimum absolute atomic E-state index is 0.139. The minimum Gasteiger partial charge on any atom is -0.390 e. The van der Waals surface area contributed by atoms with Crippen molar-refractivity contribution in [1.29, 1.82) is 0 Å². The van der Waals surface area contributed by atoms with Crippen LogP contribution in [0.3, 0.4) is 0 Å². The van der Waals surface area contributed by atoms with Crippen molar-refractivity contribution in [3.63, 3.8) is 0 Å². The molecular weight excluding hydrogens is 208 g/mol. The molecule has 0 aromatic heterocycles. The third-order valence-electron chi connectivity index (χ3n) is 2.40. The lowest BCUT2D eigenvalue weighted by molar-refractivity contribution is -0.161. The van der Waals surface area contributed by atoms with Crippen molar-refractivity contribution in [1.82, 2.24) is 0 Å². The quantitative estimate of drug-likeness (QED) is 0.562. The van der Waals surface area contributed by atoms with Gasteiger partial charge in [0.15, 0.2) is 11.1 Å². The van der Waals surface area contributed by atoms with E-state index in [4.69, 9.17) is 9.29 Å². The first-order valence-electron chi connectivity index (χ1n) is 4.59. The average Bonchev–Trinajstić information content (AvgIpc) is 2.10. The topological polar surface area (TPSA) is 87.0 Å². The molecule has 0 radical (unpaired) electrons. The van der Waals surface area contributed by atoms with E-state index < -0.39 is 29.4 Å². The van der Waals surface area contributed by atoms with Gasteiger partial charge in [0.2, 0.25) is 0 Å². The van der Waals surface area contributed by atoms with E-state index in [9.17, 15) is 14.4 Å². The highest BCUT2D eigenvalue weighted by atomic mass is 32.2. The standard InChI is InChI=1S/C8H16O5S/c1-5-8(10)7(9)4-6(13-5)2-3-14(11)12/h5-10H,2-4H2,1H3,(H,11,12)/t5?,6-,7+,8-/m1/s1. The summed E-state index contributed by atoms with van der Waals surface area (Å²) in [5.41, 5.74) is 0. The summed E-state index contributed by atoms with van der Waals surface area (Å²) in [4.78, 5) is 0. The molecule has 1 fully saturated rings. The summed E-state index contributed by atoms with van der Waals surface area (Å²) >= 11 is -1.82. The minimum atomic E-state index is -1.82. The van der Waals surface area contributed by atoms with Gasteiger partial charge in [-0.05, 0) is 13.3 Å². The van der Waals surface area contributed by atoms with Crippen molar-refractivity contribution in [2.24, 2.45) is 0 Å². The Balaban J connectivity index is 2.38. The summed E-state index contributed by atoms with van der Waals surface area (Å²) < 4.78 is 24.3. The molecule has 1 heterocycles. The summed E-state index contributed by atoms with van der Waals surface area (Å²) in [5, 5.41) is 18.8. The molecule has 84 valence electrons. The maximum absolute atomic E-state index is 10.4. The van der Waals surface area contributed by atoms with Gasteiger partial charge in [0.25, 0.3) is 0 Å². The van der Waals surface area contributed by atoms with Crippen LogP contribution >= 0.6 is 0 Å². The zero-order valence-electron chi connectivity index (χ0n) is 8.00. The number of ether oxygens (including phenoxy) is 1. The molecule has 14 heavy (non-hydrogen) atoms. The Labute approximate surface area is 85.4 Å². The van der Waals surface area contributed by atoms with E-state index in [1.54, 1.807) is 6.92 Å². The fourth-order valence-electron chi connectivity index (χ4n) is 1.58. The molecule has 0 aliphatic carbocycles. The van der Waals surface area contributed by atoms with Crippen LogP contribution in [0.25, 0.3) is 0 Å². The van der Waals surface area contributed by atoms with Crippen molar-refractivity contribution in [2.45, 2.75) is 44.2 Å². The van der Waals surface area contributed by atoms with E-state index in [1.165, 1.54) is 0 Å². The van der Waals surface area contributed by atoms with Crippen molar-refractivity contribution >= 4 is 11.1 Å². The first-order chi connectivity index (χ1) is 6.50. The van der Waals surface area contributed by atoms with Gasteiger partial charge in [-0.25, -0.2) is 4.21 Å². The molecule has 0 bridgehead atoms. The van der Waals surface area contributed by atoms with Gasteiger partial charge in [-0.1, -0.05) is 0 Å². The Hall–Kier alpha value is -0.0100. The van der Waals surface area contributed by atoms with Gasteiger partial charge in [-0.2, -0.15) is 0 Å². The van der Waals surface area contributed by atoms with E-state index >= 15 is 0 Å². The van der Waals surface area contributed by atoms with Crippen LogP contribution in [0.15, 0.2) is 0 Å². The normalized spacial score (nSPS) is 40.9.